The van der Waals surface area contributed by atoms with E-state index in [0.29, 0.717) is 18.4 Å². The zero-order valence-electron chi connectivity index (χ0n) is 6.40. The molecule has 1 heteroatoms. The van der Waals surface area contributed by atoms with E-state index in [1.54, 1.807) is 0 Å². The van der Waals surface area contributed by atoms with Crippen molar-refractivity contribution in [2.45, 2.75) is 12.3 Å². The molecular formula is C10H12O. The molecule has 0 spiro atoms. The molecule has 2 atom stereocenters. The van der Waals surface area contributed by atoms with Crippen molar-refractivity contribution < 1.29 is 5.11 Å². The minimum atomic E-state index is 0.347. The molecule has 1 saturated carbocycles. The molecule has 1 aromatic rings. The molecular weight excluding hydrogens is 136 g/mol. The van der Waals surface area contributed by atoms with E-state index in [1.807, 2.05) is 6.07 Å². The third-order valence-electron chi connectivity index (χ3n) is 2.38. The van der Waals surface area contributed by atoms with Gasteiger partial charge in [-0.05, 0) is 23.8 Å². The lowest BCUT2D eigenvalue weighted by atomic mass is 10.1. The van der Waals surface area contributed by atoms with Gasteiger partial charge in [0.15, 0.2) is 0 Å². The fourth-order valence-electron chi connectivity index (χ4n) is 1.56. The summed E-state index contributed by atoms with van der Waals surface area (Å²) in [6.45, 7) is 0.347. The predicted molar refractivity (Wildman–Crippen MR) is 44.4 cm³/mol. The normalized spacial score (nSPS) is 28.5. The standard InChI is InChI=1S/C10H12O/c11-7-9-6-10(9)8-4-2-1-3-5-8/h1-5,9-11H,6-7H2/t9-,10+/m0/s1. The van der Waals surface area contributed by atoms with Crippen molar-refractivity contribution in [3.63, 3.8) is 0 Å². The Morgan fingerprint density at radius 2 is 2.00 bits per heavy atom. The van der Waals surface area contributed by atoms with E-state index >= 15 is 0 Å². The molecule has 1 aliphatic rings. The zero-order chi connectivity index (χ0) is 7.68. The first-order valence-corrected chi connectivity index (χ1v) is 4.07. The Morgan fingerprint density at radius 1 is 1.27 bits per heavy atom. The molecule has 11 heavy (non-hydrogen) atoms. The Labute approximate surface area is 66.7 Å². The zero-order valence-corrected chi connectivity index (χ0v) is 6.40. The Morgan fingerprint density at radius 3 is 2.55 bits per heavy atom. The van der Waals surface area contributed by atoms with Crippen LogP contribution >= 0.6 is 0 Å². The summed E-state index contributed by atoms with van der Waals surface area (Å²) in [6.07, 6.45) is 1.17. The number of benzene rings is 1. The molecule has 1 aliphatic carbocycles. The number of aliphatic hydroxyl groups excluding tert-OH is 1. The molecule has 58 valence electrons. The second kappa shape index (κ2) is 2.67. The molecule has 0 radical (unpaired) electrons. The van der Waals surface area contributed by atoms with Crippen LogP contribution in [0.15, 0.2) is 30.3 Å². The quantitative estimate of drug-likeness (QED) is 0.677. The molecule has 1 aromatic carbocycles. The van der Waals surface area contributed by atoms with Crippen LogP contribution in [0.5, 0.6) is 0 Å². The van der Waals surface area contributed by atoms with Crippen molar-refractivity contribution in [1.29, 1.82) is 0 Å². The molecule has 1 N–H and O–H groups in total. The third-order valence-corrected chi connectivity index (χ3v) is 2.38. The summed E-state index contributed by atoms with van der Waals surface area (Å²) in [5.41, 5.74) is 1.38. The van der Waals surface area contributed by atoms with Gasteiger partial charge in [0.2, 0.25) is 0 Å². The van der Waals surface area contributed by atoms with Crippen LogP contribution in [0.1, 0.15) is 17.9 Å². The van der Waals surface area contributed by atoms with Gasteiger partial charge >= 0.3 is 0 Å². The fourth-order valence-corrected chi connectivity index (χ4v) is 1.56. The summed E-state index contributed by atoms with van der Waals surface area (Å²) in [5.74, 6) is 1.18. The Kier molecular flexibility index (Phi) is 1.66. The number of aliphatic hydroxyl groups is 1. The minimum absolute atomic E-state index is 0.347. The van der Waals surface area contributed by atoms with Crippen LogP contribution in [0, 0.1) is 5.92 Å². The highest BCUT2D eigenvalue weighted by Crippen LogP contribution is 2.46. The van der Waals surface area contributed by atoms with Crippen molar-refractivity contribution in [1.82, 2.24) is 0 Å². The second-order valence-electron chi connectivity index (χ2n) is 3.20. The van der Waals surface area contributed by atoms with Gasteiger partial charge in [-0.2, -0.15) is 0 Å². The molecule has 0 bridgehead atoms. The van der Waals surface area contributed by atoms with Crippen molar-refractivity contribution in [3.8, 4) is 0 Å². The van der Waals surface area contributed by atoms with Gasteiger partial charge in [0.1, 0.15) is 0 Å². The topological polar surface area (TPSA) is 20.2 Å². The Hall–Kier alpha value is -0.820. The Bertz CT molecular complexity index is 230. The van der Waals surface area contributed by atoms with Crippen LogP contribution < -0.4 is 0 Å². The average Bonchev–Trinajstić information content (AvgIpc) is 2.85. The van der Waals surface area contributed by atoms with Gasteiger partial charge in [-0.15, -0.1) is 0 Å². The summed E-state index contributed by atoms with van der Waals surface area (Å²) >= 11 is 0. The average molecular weight is 148 g/mol. The van der Waals surface area contributed by atoms with E-state index < -0.39 is 0 Å². The van der Waals surface area contributed by atoms with E-state index in [4.69, 9.17) is 5.11 Å². The van der Waals surface area contributed by atoms with Crippen LogP contribution in [0.25, 0.3) is 0 Å². The molecule has 0 aromatic heterocycles. The maximum Gasteiger partial charge on any atom is 0.0465 e. The lowest BCUT2D eigenvalue weighted by Gasteiger charge is -1.96. The number of hydrogen-bond acceptors (Lipinski definition) is 1. The summed E-state index contributed by atoms with van der Waals surface area (Å²) in [4.78, 5) is 0. The maximum atomic E-state index is 8.84. The lowest BCUT2D eigenvalue weighted by Crippen LogP contribution is -1.87. The first-order valence-electron chi connectivity index (χ1n) is 4.07. The van der Waals surface area contributed by atoms with Crippen molar-refractivity contribution in [3.05, 3.63) is 35.9 Å². The molecule has 2 rings (SSSR count). The van der Waals surface area contributed by atoms with Crippen LogP contribution in [0.2, 0.25) is 0 Å². The van der Waals surface area contributed by atoms with Gasteiger partial charge in [0.05, 0.1) is 0 Å². The fraction of sp³-hybridized carbons (Fsp3) is 0.400. The molecule has 1 fully saturated rings. The van der Waals surface area contributed by atoms with Gasteiger partial charge in [-0.25, -0.2) is 0 Å². The first-order chi connectivity index (χ1) is 5.42. The van der Waals surface area contributed by atoms with Gasteiger partial charge in [-0.1, -0.05) is 30.3 Å². The first kappa shape index (κ1) is 6.86. The van der Waals surface area contributed by atoms with E-state index in [0.717, 1.165) is 0 Å². The number of rotatable bonds is 2. The van der Waals surface area contributed by atoms with Gasteiger partial charge < -0.3 is 5.11 Å². The van der Waals surface area contributed by atoms with E-state index in [1.165, 1.54) is 12.0 Å². The van der Waals surface area contributed by atoms with Gasteiger partial charge in [0.25, 0.3) is 0 Å². The highest BCUT2D eigenvalue weighted by atomic mass is 16.3. The summed E-state index contributed by atoms with van der Waals surface area (Å²) in [7, 11) is 0. The molecule has 1 nitrogen and oxygen atoms in total. The lowest BCUT2D eigenvalue weighted by molar-refractivity contribution is 0.274. The summed E-state index contributed by atoms with van der Waals surface area (Å²) < 4.78 is 0. The van der Waals surface area contributed by atoms with Crippen LogP contribution in [-0.4, -0.2) is 11.7 Å². The smallest absolute Gasteiger partial charge is 0.0465 e. The highest BCUT2D eigenvalue weighted by molar-refractivity contribution is 5.25. The molecule has 0 unspecified atom stereocenters. The highest BCUT2D eigenvalue weighted by Gasteiger charge is 2.37. The van der Waals surface area contributed by atoms with E-state index in [-0.39, 0.29) is 0 Å². The predicted octanol–water partition coefficient (Wildman–Crippen LogP) is 1.78. The van der Waals surface area contributed by atoms with Crippen LogP contribution in [0.3, 0.4) is 0 Å². The Balaban J connectivity index is 2.09. The molecule has 0 heterocycles. The number of hydrogen-bond donors (Lipinski definition) is 1. The molecule has 0 amide bonds. The second-order valence-corrected chi connectivity index (χ2v) is 3.20. The van der Waals surface area contributed by atoms with Crippen molar-refractivity contribution >= 4 is 0 Å². The minimum Gasteiger partial charge on any atom is -0.396 e. The van der Waals surface area contributed by atoms with Crippen molar-refractivity contribution in [2.24, 2.45) is 5.92 Å². The monoisotopic (exact) mass is 148 g/mol. The van der Waals surface area contributed by atoms with Crippen molar-refractivity contribution in [2.75, 3.05) is 6.61 Å². The largest absolute Gasteiger partial charge is 0.396 e. The van der Waals surface area contributed by atoms with Gasteiger partial charge in [0, 0.05) is 6.61 Å². The van der Waals surface area contributed by atoms with Crippen LogP contribution in [0.4, 0.5) is 0 Å². The van der Waals surface area contributed by atoms with E-state index in [2.05, 4.69) is 24.3 Å². The molecule has 0 aliphatic heterocycles. The third kappa shape index (κ3) is 1.29. The summed E-state index contributed by atoms with van der Waals surface area (Å²) in [6, 6.07) is 10.4. The SMILES string of the molecule is OC[C@@H]1C[C@@H]1c1ccccc1. The molecule has 0 saturated heterocycles. The van der Waals surface area contributed by atoms with Crippen LogP contribution in [-0.2, 0) is 0 Å². The van der Waals surface area contributed by atoms with E-state index in [9.17, 15) is 0 Å². The van der Waals surface area contributed by atoms with Gasteiger partial charge in [-0.3, -0.25) is 0 Å². The summed E-state index contributed by atoms with van der Waals surface area (Å²) in [5, 5.41) is 8.84. The maximum absolute atomic E-state index is 8.84.